The number of benzene rings is 1. The second-order valence-corrected chi connectivity index (χ2v) is 4.12. The van der Waals surface area contributed by atoms with Crippen molar-refractivity contribution in [2.45, 2.75) is 19.8 Å². The Balaban J connectivity index is 2.71. The highest BCUT2D eigenvalue weighted by Gasteiger charge is 2.03. The van der Waals surface area contributed by atoms with Gasteiger partial charge in [0, 0.05) is 12.8 Å². The highest BCUT2D eigenvalue weighted by molar-refractivity contribution is 5.95. The zero-order valence-electron chi connectivity index (χ0n) is 11.4. The van der Waals surface area contributed by atoms with Crippen LogP contribution in [0.2, 0.25) is 0 Å². The summed E-state index contributed by atoms with van der Waals surface area (Å²) in [5, 5.41) is 0. The third kappa shape index (κ3) is 4.95. The van der Waals surface area contributed by atoms with E-state index in [1.54, 1.807) is 32.4 Å². The minimum atomic E-state index is -0.0648. The molecule has 0 radical (unpaired) electrons. The third-order valence-electron chi connectivity index (χ3n) is 2.59. The van der Waals surface area contributed by atoms with Crippen molar-refractivity contribution in [1.29, 1.82) is 0 Å². The van der Waals surface area contributed by atoms with E-state index in [4.69, 9.17) is 9.47 Å². The maximum Gasteiger partial charge on any atom is 0.161 e. The van der Waals surface area contributed by atoms with Crippen LogP contribution in [-0.4, -0.2) is 25.8 Å². The molecule has 0 saturated carbocycles. The van der Waals surface area contributed by atoms with Crippen LogP contribution in [0, 0.1) is 0 Å². The second-order valence-electron chi connectivity index (χ2n) is 4.12. The molecule has 0 fully saturated rings. The van der Waals surface area contributed by atoms with Crippen molar-refractivity contribution in [1.82, 2.24) is 0 Å². The molecule has 0 aliphatic rings. The maximum absolute atomic E-state index is 11.5. The molecule has 19 heavy (non-hydrogen) atoms. The Hall–Kier alpha value is -2.10. The zero-order valence-corrected chi connectivity index (χ0v) is 11.4. The van der Waals surface area contributed by atoms with Gasteiger partial charge in [0.1, 0.15) is 5.78 Å². The average Bonchev–Trinajstić information content (AvgIpc) is 2.42. The number of methoxy groups -OCH3 is 2. The van der Waals surface area contributed by atoms with E-state index in [1.165, 1.54) is 13.0 Å². The first-order chi connectivity index (χ1) is 9.06. The van der Waals surface area contributed by atoms with Crippen molar-refractivity contribution < 1.29 is 19.1 Å². The molecule has 1 aromatic carbocycles. The second kappa shape index (κ2) is 7.36. The lowest BCUT2D eigenvalue weighted by Gasteiger charge is -2.07. The molecule has 0 bridgehead atoms. The van der Waals surface area contributed by atoms with Crippen molar-refractivity contribution in [2.75, 3.05) is 14.2 Å². The van der Waals surface area contributed by atoms with Crippen LogP contribution >= 0.6 is 0 Å². The first kappa shape index (κ1) is 15.0. The Morgan fingerprint density at radius 3 is 2.37 bits per heavy atom. The van der Waals surface area contributed by atoms with Crippen LogP contribution in [-0.2, 0) is 9.59 Å². The largest absolute Gasteiger partial charge is 0.493 e. The lowest BCUT2D eigenvalue weighted by atomic mass is 10.1. The molecule has 0 aliphatic carbocycles. The summed E-state index contributed by atoms with van der Waals surface area (Å²) >= 11 is 0. The van der Waals surface area contributed by atoms with Gasteiger partial charge in [0.2, 0.25) is 0 Å². The standard InChI is InChI=1S/C15H18O4/c1-11(16)4-7-13(17)8-5-12-6-9-14(18-2)15(10-12)19-3/h5-6,8-10H,4,7H2,1-3H3. The Morgan fingerprint density at radius 1 is 1.11 bits per heavy atom. The van der Waals surface area contributed by atoms with Crippen molar-refractivity contribution in [2.24, 2.45) is 0 Å². The number of rotatable bonds is 7. The summed E-state index contributed by atoms with van der Waals surface area (Å²) in [6, 6.07) is 5.39. The fourth-order valence-electron chi connectivity index (χ4n) is 1.53. The molecule has 102 valence electrons. The quantitative estimate of drug-likeness (QED) is 0.709. The number of Topliss-reactive ketones (excluding diaryl/α,β-unsaturated/α-hetero) is 1. The number of carbonyl (C=O) groups excluding carboxylic acids is 2. The van der Waals surface area contributed by atoms with Crippen molar-refractivity contribution >= 4 is 17.6 Å². The molecule has 1 aromatic rings. The SMILES string of the molecule is COc1ccc(C=CC(=O)CCC(C)=O)cc1OC. The first-order valence-corrected chi connectivity index (χ1v) is 5.99. The average molecular weight is 262 g/mol. The minimum Gasteiger partial charge on any atom is -0.493 e. The molecule has 1 rings (SSSR count). The summed E-state index contributed by atoms with van der Waals surface area (Å²) < 4.78 is 10.3. The van der Waals surface area contributed by atoms with E-state index in [9.17, 15) is 9.59 Å². The Morgan fingerprint density at radius 2 is 1.79 bits per heavy atom. The number of carbonyl (C=O) groups is 2. The lowest BCUT2D eigenvalue weighted by molar-refractivity contribution is -0.120. The van der Waals surface area contributed by atoms with Gasteiger partial charge in [-0.05, 0) is 30.7 Å². The van der Waals surface area contributed by atoms with E-state index in [1.807, 2.05) is 6.07 Å². The smallest absolute Gasteiger partial charge is 0.161 e. The maximum atomic E-state index is 11.5. The van der Waals surface area contributed by atoms with E-state index >= 15 is 0 Å². The molecule has 0 N–H and O–H groups in total. The van der Waals surface area contributed by atoms with Crippen LogP contribution in [0.4, 0.5) is 0 Å². The molecular formula is C15H18O4. The molecule has 0 atom stereocenters. The molecule has 0 spiro atoms. The van der Waals surface area contributed by atoms with Crippen molar-refractivity contribution in [3.05, 3.63) is 29.8 Å². The molecule has 0 aliphatic heterocycles. The molecule has 0 heterocycles. The fraction of sp³-hybridized carbons (Fsp3) is 0.333. The van der Waals surface area contributed by atoms with Gasteiger partial charge in [0.05, 0.1) is 14.2 Å². The summed E-state index contributed by atoms with van der Waals surface area (Å²) in [7, 11) is 3.13. The molecular weight excluding hydrogens is 244 g/mol. The Labute approximate surface area is 113 Å². The summed E-state index contributed by atoms with van der Waals surface area (Å²) in [6.07, 6.45) is 3.71. The van der Waals surface area contributed by atoms with Crippen LogP contribution in [0.25, 0.3) is 6.08 Å². The topological polar surface area (TPSA) is 52.6 Å². The molecule has 4 heteroatoms. The van der Waals surface area contributed by atoms with E-state index < -0.39 is 0 Å². The van der Waals surface area contributed by atoms with E-state index in [0.717, 1.165) is 5.56 Å². The van der Waals surface area contributed by atoms with Crippen molar-refractivity contribution in [3.8, 4) is 11.5 Å². The van der Waals surface area contributed by atoms with Crippen molar-refractivity contribution in [3.63, 3.8) is 0 Å². The molecule has 0 aromatic heterocycles. The van der Waals surface area contributed by atoms with Crippen LogP contribution in [0.5, 0.6) is 11.5 Å². The number of allylic oxidation sites excluding steroid dienone is 1. The van der Waals surface area contributed by atoms with E-state index in [0.29, 0.717) is 11.5 Å². The van der Waals surface area contributed by atoms with E-state index in [2.05, 4.69) is 0 Å². The van der Waals surface area contributed by atoms with Gasteiger partial charge < -0.3 is 14.3 Å². The molecule has 0 amide bonds. The van der Waals surface area contributed by atoms with Gasteiger partial charge in [-0.15, -0.1) is 0 Å². The summed E-state index contributed by atoms with van der Waals surface area (Å²) in [6.45, 7) is 1.48. The van der Waals surface area contributed by atoms with Gasteiger partial charge in [-0.3, -0.25) is 4.79 Å². The number of hydrogen-bond acceptors (Lipinski definition) is 4. The lowest BCUT2D eigenvalue weighted by Crippen LogP contribution is -1.97. The molecule has 0 saturated heterocycles. The number of hydrogen-bond donors (Lipinski definition) is 0. The highest BCUT2D eigenvalue weighted by atomic mass is 16.5. The summed E-state index contributed by atoms with van der Waals surface area (Å²) in [5.41, 5.74) is 0.842. The summed E-state index contributed by atoms with van der Waals surface area (Å²) in [5.74, 6) is 1.21. The highest BCUT2D eigenvalue weighted by Crippen LogP contribution is 2.27. The third-order valence-corrected chi connectivity index (χ3v) is 2.59. The zero-order chi connectivity index (χ0) is 14.3. The predicted octanol–water partition coefficient (Wildman–Crippen LogP) is 2.66. The van der Waals surface area contributed by atoms with Crippen LogP contribution in [0.15, 0.2) is 24.3 Å². The summed E-state index contributed by atoms with van der Waals surface area (Å²) in [4.78, 5) is 22.3. The number of ether oxygens (including phenoxy) is 2. The van der Waals surface area contributed by atoms with Gasteiger partial charge >= 0.3 is 0 Å². The fourth-order valence-corrected chi connectivity index (χ4v) is 1.53. The monoisotopic (exact) mass is 262 g/mol. The first-order valence-electron chi connectivity index (χ1n) is 5.99. The van der Waals surface area contributed by atoms with Gasteiger partial charge in [-0.1, -0.05) is 12.1 Å². The van der Waals surface area contributed by atoms with Gasteiger partial charge in [0.15, 0.2) is 17.3 Å². The van der Waals surface area contributed by atoms with E-state index in [-0.39, 0.29) is 24.4 Å². The Kier molecular flexibility index (Phi) is 5.79. The predicted molar refractivity (Wildman–Crippen MR) is 73.5 cm³/mol. The van der Waals surface area contributed by atoms with Gasteiger partial charge in [-0.2, -0.15) is 0 Å². The molecule has 0 unspecified atom stereocenters. The minimum absolute atomic E-state index is 0.0212. The van der Waals surface area contributed by atoms with Gasteiger partial charge in [0.25, 0.3) is 0 Å². The van der Waals surface area contributed by atoms with Crippen LogP contribution in [0.1, 0.15) is 25.3 Å². The van der Waals surface area contributed by atoms with Crippen LogP contribution < -0.4 is 9.47 Å². The molecule has 4 nitrogen and oxygen atoms in total. The van der Waals surface area contributed by atoms with Gasteiger partial charge in [-0.25, -0.2) is 0 Å². The Bertz CT molecular complexity index is 489. The number of ketones is 2. The normalized spacial score (nSPS) is 10.5. The van der Waals surface area contributed by atoms with Crippen LogP contribution in [0.3, 0.4) is 0 Å².